The summed E-state index contributed by atoms with van der Waals surface area (Å²) in [7, 11) is 4.52. The highest BCUT2D eigenvalue weighted by atomic mass is 19.1. The van der Waals surface area contributed by atoms with Crippen molar-refractivity contribution in [1.29, 1.82) is 0 Å². The Kier molecular flexibility index (Phi) is 5.35. The van der Waals surface area contributed by atoms with Gasteiger partial charge in [-0.05, 0) is 24.3 Å². The molecule has 0 radical (unpaired) electrons. The van der Waals surface area contributed by atoms with E-state index in [0.29, 0.717) is 22.8 Å². The molecule has 0 fully saturated rings. The number of anilines is 1. The fourth-order valence-electron chi connectivity index (χ4n) is 1.93. The summed E-state index contributed by atoms with van der Waals surface area (Å²) in [6.07, 6.45) is 1.45. The molecule has 5 nitrogen and oxygen atoms in total. The third kappa shape index (κ3) is 3.88. The van der Waals surface area contributed by atoms with Gasteiger partial charge in [-0.3, -0.25) is 5.43 Å². The van der Waals surface area contributed by atoms with E-state index in [-0.39, 0.29) is 5.69 Å². The molecule has 1 N–H and O–H groups in total. The average Bonchev–Trinajstić information content (AvgIpc) is 2.55. The molecule has 23 heavy (non-hydrogen) atoms. The van der Waals surface area contributed by atoms with Crippen LogP contribution in [0, 0.1) is 11.6 Å². The number of hydrogen-bond acceptors (Lipinski definition) is 5. The summed E-state index contributed by atoms with van der Waals surface area (Å²) in [5.41, 5.74) is 3.22. The number of nitrogens with one attached hydrogen (secondary N) is 1. The SMILES string of the molecule is COc1cc(C=NNc2ccc(F)cc2F)cc(OC)c1OC. The van der Waals surface area contributed by atoms with Gasteiger partial charge in [-0.1, -0.05) is 0 Å². The maximum atomic E-state index is 13.5. The first kappa shape index (κ1) is 16.5. The van der Waals surface area contributed by atoms with Crippen LogP contribution in [0.2, 0.25) is 0 Å². The Morgan fingerprint density at radius 2 is 1.61 bits per heavy atom. The van der Waals surface area contributed by atoms with Crippen molar-refractivity contribution >= 4 is 11.9 Å². The lowest BCUT2D eigenvalue weighted by molar-refractivity contribution is 0.324. The number of hydrazone groups is 1. The lowest BCUT2D eigenvalue weighted by atomic mass is 10.2. The van der Waals surface area contributed by atoms with Gasteiger partial charge in [0.15, 0.2) is 17.3 Å². The minimum atomic E-state index is -0.730. The normalized spacial score (nSPS) is 10.7. The van der Waals surface area contributed by atoms with Crippen molar-refractivity contribution in [3.05, 3.63) is 47.5 Å². The zero-order valence-corrected chi connectivity index (χ0v) is 12.9. The van der Waals surface area contributed by atoms with Gasteiger partial charge >= 0.3 is 0 Å². The zero-order valence-electron chi connectivity index (χ0n) is 12.9. The van der Waals surface area contributed by atoms with E-state index in [0.717, 1.165) is 12.1 Å². The van der Waals surface area contributed by atoms with Gasteiger partial charge < -0.3 is 14.2 Å². The van der Waals surface area contributed by atoms with Crippen LogP contribution in [-0.4, -0.2) is 27.5 Å². The number of ether oxygens (including phenoxy) is 3. The first-order chi connectivity index (χ1) is 11.1. The molecule has 0 aliphatic heterocycles. The molecule has 0 unspecified atom stereocenters. The summed E-state index contributed by atoms with van der Waals surface area (Å²) in [6.45, 7) is 0. The van der Waals surface area contributed by atoms with Gasteiger partial charge in [0.05, 0.1) is 33.2 Å². The van der Waals surface area contributed by atoms with Crippen molar-refractivity contribution in [2.75, 3.05) is 26.8 Å². The minimum absolute atomic E-state index is 0.0649. The molecule has 2 aromatic rings. The van der Waals surface area contributed by atoms with Gasteiger partial charge in [-0.2, -0.15) is 5.10 Å². The molecular formula is C16H16F2N2O3. The van der Waals surface area contributed by atoms with E-state index in [9.17, 15) is 8.78 Å². The Hall–Kier alpha value is -2.83. The van der Waals surface area contributed by atoms with Gasteiger partial charge in [0.1, 0.15) is 5.82 Å². The average molecular weight is 322 g/mol. The zero-order chi connectivity index (χ0) is 16.8. The van der Waals surface area contributed by atoms with Gasteiger partial charge in [-0.15, -0.1) is 0 Å². The van der Waals surface area contributed by atoms with Crippen LogP contribution in [0.4, 0.5) is 14.5 Å². The summed E-state index contributed by atoms with van der Waals surface area (Å²) >= 11 is 0. The number of rotatable bonds is 6. The van der Waals surface area contributed by atoms with E-state index in [4.69, 9.17) is 14.2 Å². The highest BCUT2D eigenvalue weighted by molar-refractivity contribution is 5.83. The van der Waals surface area contributed by atoms with Crippen LogP contribution in [0.25, 0.3) is 0 Å². The predicted octanol–water partition coefficient (Wildman–Crippen LogP) is 3.44. The Labute approximate surface area is 132 Å². The van der Waals surface area contributed by atoms with Crippen LogP contribution in [0.3, 0.4) is 0 Å². The van der Waals surface area contributed by atoms with E-state index in [2.05, 4.69) is 10.5 Å². The summed E-state index contributed by atoms with van der Waals surface area (Å²) in [4.78, 5) is 0. The molecule has 2 rings (SSSR count). The quantitative estimate of drug-likeness (QED) is 0.654. The van der Waals surface area contributed by atoms with Crippen molar-refractivity contribution in [2.24, 2.45) is 5.10 Å². The molecular weight excluding hydrogens is 306 g/mol. The second-order valence-corrected chi connectivity index (χ2v) is 4.45. The van der Waals surface area contributed by atoms with Crippen molar-refractivity contribution in [1.82, 2.24) is 0 Å². The molecule has 2 aromatic carbocycles. The van der Waals surface area contributed by atoms with Crippen LogP contribution in [0.5, 0.6) is 17.2 Å². The third-order valence-corrected chi connectivity index (χ3v) is 3.02. The second kappa shape index (κ2) is 7.44. The molecule has 0 spiro atoms. The Morgan fingerprint density at radius 3 is 2.13 bits per heavy atom. The Bertz CT molecular complexity index is 695. The predicted molar refractivity (Wildman–Crippen MR) is 83.7 cm³/mol. The number of nitrogens with zero attached hydrogens (tertiary/aromatic N) is 1. The number of hydrogen-bond donors (Lipinski definition) is 1. The third-order valence-electron chi connectivity index (χ3n) is 3.02. The topological polar surface area (TPSA) is 52.1 Å². The van der Waals surface area contributed by atoms with Crippen LogP contribution in [-0.2, 0) is 0 Å². The van der Waals surface area contributed by atoms with Crippen molar-refractivity contribution in [3.63, 3.8) is 0 Å². The van der Waals surface area contributed by atoms with Crippen LogP contribution < -0.4 is 19.6 Å². The molecule has 0 aliphatic carbocycles. The van der Waals surface area contributed by atoms with E-state index < -0.39 is 11.6 Å². The maximum Gasteiger partial charge on any atom is 0.203 e. The highest BCUT2D eigenvalue weighted by Crippen LogP contribution is 2.37. The van der Waals surface area contributed by atoms with Gasteiger partial charge in [0.2, 0.25) is 5.75 Å². The maximum absolute atomic E-state index is 13.5. The summed E-state index contributed by atoms with van der Waals surface area (Å²) in [5.74, 6) is 0.0286. The fraction of sp³-hybridized carbons (Fsp3) is 0.188. The standard InChI is InChI=1S/C16H16F2N2O3/c1-21-14-6-10(7-15(22-2)16(14)23-3)9-19-20-13-5-4-11(17)8-12(13)18/h4-9,20H,1-3H3. The second-order valence-electron chi connectivity index (χ2n) is 4.45. The van der Waals surface area contributed by atoms with Gasteiger partial charge in [-0.25, -0.2) is 8.78 Å². The van der Waals surface area contributed by atoms with Gasteiger partial charge in [0, 0.05) is 11.6 Å². The molecule has 0 saturated carbocycles. The van der Waals surface area contributed by atoms with Crippen LogP contribution in [0.15, 0.2) is 35.4 Å². The molecule has 0 atom stereocenters. The van der Waals surface area contributed by atoms with E-state index in [1.807, 2.05) is 0 Å². The summed E-state index contributed by atoms with van der Waals surface area (Å²) in [5, 5.41) is 3.92. The monoisotopic (exact) mass is 322 g/mol. The van der Waals surface area contributed by atoms with Crippen molar-refractivity contribution in [3.8, 4) is 17.2 Å². The molecule has 122 valence electrons. The molecule has 7 heteroatoms. The summed E-state index contributed by atoms with van der Waals surface area (Å²) in [6, 6.07) is 6.55. The van der Waals surface area contributed by atoms with E-state index >= 15 is 0 Å². The summed E-state index contributed by atoms with van der Waals surface area (Å²) < 4.78 is 42.0. The minimum Gasteiger partial charge on any atom is -0.493 e. The smallest absolute Gasteiger partial charge is 0.203 e. The molecule has 0 bridgehead atoms. The molecule has 0 aromatic heterocycles. The highest BCUT2D eigenvalue weighted by Gasteiger charge is 2.12. The van der Waals surface area contributed by atoms with Gasteiger partial charge in [0.25, 0.3) is 0 Å². The van der Waals surface area contributed by atoms with E-state index in [1.165, 1.54) is 33.6 Å². The Balaban J connectivity index is 2.22. The fourth-order valence-corrected chi connectivity index (χ4v) is 1.93. The van der Waals surface area contributed by atoms with Crippen molar-refractivity contribution < 1.29 is 23.0 Å². The molecule has 0 aliphatic rings. The van der Waals surface area contributed by atoms with E-state index in [1.54, 1.807) is 12.1 Å². The lowest BCUT2D eigenvalue weighted by Gasteiger charge is -2.12. The lowest BCUT2D eigenvalue weighted by Crippen LogP contribution is -1.98. The largest absolute Gasteiger partial charge is 0.493 e. The number of benzene rings is 2. The number of methoxy groups -OCH3 is 3. The Morgan fingerprint density at radius 1 is 0.957 bits per heavy atom. The van der Waals surface area contributed by atoms with Crippen LogP contribution in [0.1, 0.15) is 5.56 Å². The number of halogens is 2. The first-order valence-electron chi connectivity index (χ1n) is 6.63. The molecule has 0 amide bonds. The first-order valence-corrected chi connectivity index (χ1v) is 6.63. The van der Waals surface area contributed by atoms with Crippen LogP contribution >= 0.6 is 0 Å². The molecule has 0 heterocycles. The molecule has 0 saturated heterocycles. The van der Waals surface area contributed by atoms with Crippen molar-refractivity contribution in [2.45, 2.75) is 0 Å².